The van der Waals surface area contributed by atoms with Gasteiger partial charge >= 0.3 is 0 Å². The molecule has 0 spiro atoms. The number of benzene rings is 9. The predicted octanol–water partition coefficient (Wildman–Crippen LogP) is 14.6. The lowest BCUT2D eigenvalue weighted by atomic mass is 9.90. The number of rotatable bonds is 5. The van der Waals surface area contributed by atoms with Crippen LogP contribution in [0.5, 0.6) is 11.5 Å². The van der Waals surface area contributed by atoms with Crippen molar-refractivity contribution in [1.82, 2.24) is 19.1 Å². The van der Waals surface area contributed by atoms with Crippen molar-refractivity contribution in [2.24, 2.45) is 0 Å². The number of nitrogens with zero attached hydrogens (tertiary/aromatic N) is 4. The Balaban J connectivity index is 1.02. The third-order valence-corrected chi connectivity index (χ3v) is 12.3. The standard InChI is InChI=1S/C56H34N4O/c1-4-16-35(17-5-1)45-33-52(58-56(57-45)36-18-6-2-7-19-36)60-47-28-13-11-23-42(47)53-39(24-15-29-48(53)60)37-30-31-50-44(32-37)40-25-14-26-43-54-41-22-10-12-27-46(41)59(38-20-8-3-9-21-38)49(54)34-51(61-50)55(40)43/h1-34H. The quantitative estimate of drug-likeness (QED) is 0.175. The minimum absolute atomic E-state index is 0.685. The first-order chi connectivity index (χ1) is 30.3. The van der Waals surface area contributed by atoms with Crippen LogP contribution in [0.2, 0.25) is 0 Å². The highest BCUT2D eigenvalue weighted by Gasteiger charge is 2.26. The molecule has 0 amide bonds. The summed E-state index contributed by atoms with van der Waals surface area (Å²) in [7, 11) is 0. The van der Waals surface area contributed by atoms with Gasteiger partial charge in [0, 0.05) is 61.4 Å². The SMILES string of the molecule is c1ccc(-c2cc(-n3c4ccccc4c4c(-c5ccc6c(c5)-c5cccc7c5c(cc5c7c7ccccc7n5-c5ccccc5)O6)cccc43)nc(-c3ccccc3)n2)cc1. The van der Waals surface area contributed by atoms with E-state index in [1.54, 1.807) is 0 Å². The van der Waals surface area contributed by atoms with E-state index in [1.807, 2.05) is 24.3 Å². The van der Waals surface area contributed by atoms with Crippen LogP contribution in [0.4, 0.5) is 0 Å². The smallest absolute Gasteiger partial charge is 0.162 e. The molecule has 284 valence electrons. The summed E-state index contributed by atoms with van der Waals surface area (Å²) in [4.78, 5) is 10.4. The average molecular weight is 779 g/mol. The molecule has 0 unspecified atom stereocenters. The third kappa shape index (κ3) is 5.08. The van der Waals surface area contributed by atoms with E-state index >= 15 is 0 Å². The van der Waals surface area contributed by atoms with Crippen LogP contribution in [0.15, 0.2) is 206 Å². The fourth-order valence-corrected chi connectivity index (χ4v) is 9.71. The van der Waals surface area contributed by atoms with Crippen LogP contribution in [-0.4, -0.2) is 19.1 Å². The van der Waals surface area contributed by atoms with Gasteiger partial charge in [-0.3, -0.25) is 4.57 Å². The Kier molecular flexibility index (Phi) is 7.24. The van der Waals surface area contributed by atoms with E-state index < -0.39 is 0 Å². The number of aromatic nitrogens is 4. The van der Waals surface area contributed by atoms with E-state index in [0.717, 1.165) is 83.8 Å². The molecule has 1 aliphatic heterocycles. The molecule has 9 aromatic carbocycles. The van der Waals surface area contributed by atoms with Gasteiger partial charge in [-0.1, -0.05) is 152 Å². The van der Waals surface area contributed by atoms with Gasteiger partial charge in [-0.05, 0) is 64.5 Å². The Bertz CT molecular complexity index is 3660. The highest BCUT2D eigenvalue weighted by Crippen LogP contribution is 2.52. The summed E-state index contributed by atoms with van der Waals surface area (Å²) in [6, 6.07) is 72.9. The van der Waals surface area contributed by atoms with Crippen molar-refractivity contribution in [3.63, 3.8) is 0 Å². The molecule has 5 nitrogen and oxygen atoms in total. The molecule has 3 aromatic heterocycles. The topological polar surface area (TPSA) is 44.9 Å². The minimum atomic E-state index is 0.685. The molecular weight excluding hydrogens is 745 g/mol. The third-order valence-electron chi connectivity index (χ3n) is 12.3. The van der Waals surface area contributed by atoms with Gasteiger partial charge in [0.15, 0.2) is 5.82 Å². The van der Waals surface area contributed by atoms with E-state index in [-0.39, 0.29) is 0 Å². The normalized spacial score (nSPS) is 12.1. The second-order valence-corrected chi connectivity index (χ2v) is 15.7. The van der Waals surface area contributed by atoms with Crippen LogP contribution in [0, 0.1) is 0 Å². The highest BCUT2D eigenvalue weighted by molar-refractivity contribution is 6.25. The van der Waals surface area contributed by atoms with Crippen molar-refractivity contribution < 1.29 is 4.74 Å². The summed E-state index contributed by atoms with van der Waals surface area (Å²) in [5, 5.41) is 7.11. The van der Waals surface area contributed by atoms with Crippen LogP contribution in [-0.2, 0) is 0 Å². The van der Waals surface area contributed by atoms with Gasteiger partial charge < -0.3 is 9.30 Å². The van der Waals surface area contributed by atoms with Gasteiger partial charge in [-0.15, -0.1) is 0 Å². The number of para-hydroxylation sites is 3. The predicted molar refractivity (Wildman–Crippen MR) is 250 cm³/mol. The molecule has 13 rings (SSSR count). The van der Waals surface area contributed by atoms with Crippen molar-refractivity contribution in [2.45, 2.75) is 0 Å². The molecule has 0 saturated heterocycles. The zero-order chi connectivity index (χ0) is 40.0. The first kappa shape index (κ1) is 33.7. The molecule has 61 heavy (non-hydrogen) atoms. The number of fused-ring (bicyclic) bond motifs is 9. The Morgan fingerprint density at radius 1 is 0.344 bits per heavy atom. The van der Waals surface area contributed by atoms with E-state index in [2.05, 4.69) is 191 Å². The van der Waals surface area contributed by atoms with Gasteiger partial charge in [0.2, 0.25) is 0 Å². The fourth-order valence-electron chi connectivity index (χ4n) is 9.71. The van der Waals surface area contributed by atoms with Crippen LogP contribution in [0.1, 0.15) is 0 Å². The van der Waals surface area contributed by atoms with E-state index in [1.165, 1.54) is 32.6 Å². The van der Waals surface area contributed by atoms with Crippen molar-refractivity contribution in [3.8, 4) is 67.9 Å². The summed E-state index contributed by atoms with van der Waals surface area (Å²) >= 11 is 0. The molecule has 0 radical (unpaired) electrons. The van der Waals surface area contributed by atoms with Crippen LogP contribution < -0.4 is 4.74 Å². The van der Waals surface area contributed by atoms with E-state index in [4.69, 9.17) is 14.7 Å². The lowest BCUT2D eigenvalue weighted by Crippen LogP contribution is -2.02. The Hall–Kier alpha value is -8.28. The second-order valence-electron chi connectivity index (χ2n) is 15.7. The molecule has 0 bridgehead atoms. The monoisotopic (exact) mass is 778 g/mol. The zero-order valence-electron chi connectivity index (χ0n) is 32.8. The Labute approximate surface area is 351 Å². The molecule has 0 aliphatic carbocycles. The fraction of sp³-hybridized carbons (Fsp3) is 0. The summed E-state index contributed by atoms with van der Waals surface area (Å²) in [5.41, 5.74) is 13.0. The molecule has 5 heteroatoms. The van der Waals surface area contributed by atoms with Crippen LogP contribution in [0.25, 0.3) is 111 Å². The molecule has 1 aliphatic rings. The van der Waals surface area contributed by atoms with Gasteiger partial charge in [0.1, 0.15) is 17.3 Å². The first-order valence-electron chi connectivity index (χ1n) is 20.7. The first-order valence-corrected chi connectivity index (χ1v) is 20.7. The summed E-state index contributed by atoms with van der Waals surface area (Å²) in [5.74, 6) is 3.23. The van der Waals surface area contributed by atoms with Crippen molar-refractivity contribution in [3.05, 3.63) is 206 Å². The lowest BCUT2D eigenvalue weighted by Gasteiger charge is -2.23. The zero-order valence-corrected chi connectivity index (χ0v) is 32.8. The van der Waals surface area contributed by atoms with Crippen molar-refractivity contribution >= 4 is 54.4 Å². The van der Waals surface area contributed by atoms with Crippen molar-refractivity contribution in [1.29, 1.82) is 0 Å². The molecular formula is C56H34N4O. The molecule has 12 aromatic rings. The maximum absolute atomic E-state index is 6.92. The average Bonchev–Trinajstić information content (AvgIpc) is 3.85. The maximum atomic E-state index is 6.92. The van der Waals surface area contributed by atoms with Gasteiger partial charge in [0.25, 0.3) is 0 Å². The van der Waals surface area contributed by atoms with Crippen LogP contribution >= 0.6 is 0 Å². The van der Waals surface area contributed by atoms with Crippen molar-refractivity contribution in [2.75, 3.05) is 0 Å². The lowest BCUT2D eigenvalue weighted by molar-refractivity contribution is 0.487. The van der Waals surface area contributed by atoms with E-state index in [0.29, 0.717) is 5.82 Å². The summed E-state index contributed by atoms with van der Waals surface area (Å²) in [6.07, 6.45) is 0. The number of hydrogen-bond acceptors (Lipinski definition) is 3. The number of hydrogen-bond donors (Lipinski definition) is 0. The van der Waals surface area contributed by atoms with Gasteiger partial charge in [-0.25, -0.2) is 9.97 Å². The Morgan fingerprint density at radius 2 is 0.967 bits per heavy atom. The second kappa shape index (κ2) is 13.1. The molecule has 0 fully saturated rings. The maximum Gasteiger partial charge on any atom is 0.162 e. The van der Waals surface area contributed by atoms with Crippen LogP contribution in [0.3, 0.4) is 0 Å². The van der Waals surface area contributed by atoms with Gasteiger partial charge in [0.05, 0.1) is 27.8 Å². The summed E-state index contributed by atoms with van der Waals surface area (Å²) < 4.78 is 11.6. The van der Waals surface area contributed by atoms with Gasteiger partial charge in [-0.2, -0.15) is 0 Å². The highest BCUT2D eigenvalue weighted by atomic mass is 16.5. The molecule has 4 heterocycles. The summed E-state index contributed by atoms with van der Waals surface area (Å²) in [6.45, 7) is 0. The molecule has 0 N–H and O–H groups in total. The largest absolute Gasteiger partial charge is 0.456 e. The molecule has 0 atom stereocenters. The van der Waals surface area contributed by atoms with E-state index in [9.17, 15) is 0 Å². The number of ether oxygens (including phenoxy) is 1. The Morgan fingerprint density at radius 3 is 1.75 bits per heavy atom. The minimum Gasteiger partial charge on any atom is -0.456 e. The molecule has 0 saturated carbocycles.